The Morgan fingerprint density at radius 1 is 1.40 bits per heavy atom. The Kier molecular flexibility index (Phi) is 4.52. The number of oxazole rings is 1. The van der Waals surface area contributed by atoms with Crippen molar-refractivity contribution in [1.29, 1.82) is 0 Å². The molecule has 0 aliphatic carbocycles. The van der Waals surface area contributed by atoms with Crippen LogP contribution in [0, 0.1) is 11.7 Å². The molecule has 5 rings (SSSR count). The minimum absolute atomic E-state index is 0.0579. The van der Waals surface area contributed by atoms with E-state index in [0.717, 1.165) is 25.9 Å². The molecule has 7 heteroatoms. The van der Waals surface area contributed by atoms with Crippen LogP contribution < -0.4 is 5.32 Å². The fourth-order valence-electron chi connectivity index (χ4n) is 3.82. The Hall–Kier alpha value is -1.86. The van der Waals surface area contributed by atoms with Crippen LogP contribution in [0.1, 0.15) is 30.5 Å². The molecule has 1 aromatic heterocycles. The first-order valence-electron chi connectivity index (χ1n) is 8.54. The lowest BCUT2D eigenvalue weighted by Gasteiger charge is -2.49. The standard InChI is InChI=1S/C18H20FN3O2S/c1-11-16(12-5-7-22(11)8-6-12)21-17(23)18-20-10-15(24-18)25-14-4-2-3-13(19)9-14/h2-4,9-12,16H,5-8H2,1H3,(H,21,23). The summed E-state index contributed by atoms with van der Waals surface area (Å²) < 4.78 is 18.8. The largest absolute Gasteiger partial charge is 0.425 e. The molecular formula is C18H20FN3O2S. The zero-order chi connectivity index (χ0) is 17.4. The summed E-state index contributed by atoms with van der Waals surface area (Å²) in [5, 5.41) is 3.57. The van der Waals surface area contributed by atoms with Gasteiger partial charge in [-0.2, -0.15) is 0 Å². The quantitative estimate of drug-likeness (QED) is 0.906. The fraction of sp³-hybridized carbons (Fsp3) is 0.444. The molecule has 1 N–H and O–H groups in total. The maximum Gasteiger partial charge on any atom is 0.307 e. The predicted octanol–water partition coefficient (Wildman–Crippen LogP) is 3.18. The average Bonchev–Trinajstić information content (AvgIpc) is 3.07. The maximum atomic E-state index is 13.2. The summed E-state index contributed by atoms with van der Waals surface area (Å²) in [6, 6.07) is 6.70. The third-order valence-electron chi connectivity index (χ3n) is 5.17. The summed E-state index contributed by atoms with van der Waals surface area (Å²) in [6.45, 7) is 4.40. The number of hydrogen-bond donors (Lipinski definition) is 1. The minimum Gasteiger partial charge on any atom is -0.425 e. The predicted molar refractivity (Wildman–Crippen MR) is 92.0 cm³/mol. The smallest absolute Gasteiger partial charge is 0.307 e. The number of carbonyl (C=O) groups is 1. The molecule has 4 heterocycles. The summed E-state index contributed by atoms with van der Waals surface area (Å²) in [6.07, 6.45) is 3.76. The SMILES string of the molecule is CC1C(NC(=O)c2ncc(Sc3cccc(F)c3)o2)C2CCN1CC2. The van der Waals surface area contributed by atoms with E-state index in [0.29, 0.717) is 21.9 Å². The number of hydrogen-bond acceptors (Lipinski definition) is 5. The van der Waals surface area contributed by atoms with E-state index in [1.54, 1.807) is 12.1 Å². The zero-order valence-corrected chi connectivity index (χ0v) is 14.8. The van der Waals surface area contributed by atoms with Crippen LogP contribution in [0.15, 0.2) is 44.9 Å². The summed E-state index contributed by atoms with van der Waals surface area (Å²) >= 11 is 1.24. The summed E-state index contributed by atoms with van der Waals surface area (Å²) in [7, 11) is 0. The molecule has 2 unspecified atom stereocenters. The number of halogens is 1. The first-order chi connectivity index (χ1) is 12.1. The van der Waals surface area contributed by atoms with E-state index in [2.05, 4.69) is 22.1 Å². The van der Waals surface area contributed by atoms with Gasteiger partial charge < -0.3 is 9.73 Å². The lowest BCUT2D eigenvalue weighted by molar-refractivity contribution is 0.0209. The summed E-state index contributed by atoms with van der Waals surface area (Å²) in [5.74, 6) is -0.00175. The monoisotopic (exact) mass is 361 g/mol. The van der Waals surface area contributed by atoms with Crippen molar-refractivity contribution in [2.75, 3.05) is 13.1 Å². The zero-order valence-electron chi connectivity index (χ0n) is 13.9. The second-order valence-electron chi connectivity index (χ2n) is 6.66. The topological polar surface area (TPSA) is 58.4 Å². The number of piperidine rings is 3. The molecule has 132 valence electrons. The highest BCUT2D eigenvalue weighted by Crippen LogP contribution is 2.32. The molecule has 3 aliphatic rings. The van der Waals surface area contributed by atoms with Gasteiger partial charge in [0.05, 0.1) is 6.20 Å². The highest BCUT2D eigenvalue weighted by Gasteiger charge is 2.40. The van der Waals surface area contributed by atoms with E-state index in [1.165, 1.54) is 30.1 Å². The van der Waals surface area contributed by atoms with Crippen LogP contribution in [-0.4, -0.2) is 41.0 Å². The molecule has 2 aromatic rings. The van der Waals surface area contributed by atoms with Crippen molar-refractivity contribution in [2.45, 2.75) is 41.8 Å². The molecule has 5 nitrogen and oxygen atoms in total. The number of aromatic nitrogens is 1. The molecule has 0 saturated carbocycles. The number of nitrogens with zero attached hydrogens (tertiary/aromatic N) is 2. The highest BCUT2D eigenvalue weighted by molar-refractivity contribution is 7.99. The number of nitrogens with one attached hydrogen (secondary N) is 1. The van der Waals surface area contributed by atoms with Crippen LogP contribution in [0.5, 0.6) is 0 Å². The lowest BCUT2D eigenvalue weighted by atomic mass is 9.79. The van der Waals surface area contributed by atoms with Crippen molar-refractivity contribution in [3.05, 3.63) is 42.2 Å². The average molecular weight is 361 g/mol. The van der Waals surface area contributed by atoms with Gasteiger partial charge in [0.15, 0.2) is 5.09 Å². The lowest BCUT2D eigenvalue weighted by Crippen LogP contribution is -2.62. The third kappa shape index (κ3) is 3.43. The molecule has 0 radical (unpaired) electrons. The molecule has 1 aromatic carbocycles. The molecule has 0 spiro atoms. The fourth-order valence-corrected chi connectivity index (χ4v) is 4.59. The Balaban J connectivity index is 1.42. The molecule has 3 fully saturated rings. The molecule has 25 heavy (non-hydrogen) atoms. The first kappa shape index (κ1) is 16.6. The second-order valence-corrected chi connectivity index (χ2v) is 7.74. The maximum absolute atomic E-state index is 13.2. The van der Waals surface area contributed by atoms with Crippen molar-refractivity contribution in [3.63, 3.8) is 0 Å². The van der Waals surface area contributed by atoms with Crippen molar-refractivity contribution in [2.24, 2.45) is 5.92 Å². The van der Waals surface area contributed by atoms with Gasteiger partial charge in [0.2, 0.25) is 0 Å². The van der Waals surface area contributed by atoms with Crippen LogP contribution in [0.25, 0.3) is 0 Å². The minimum atomic E-state index is -0.307. The van der Waals surface area contributed by atoms with Crippen LogP contribution in [0.2, 0.25) is 0 Å². The molecule has 1 amide bonds. The number of amides is 1. The Labute approximate surface area is 150 Å². The molecule has 3 aliphatic heterocycles. The van der Waals surface area contributed by atoms with Gasteiger partial charge in [0, 0.05) is 17.0 Å². The normalized spacial score (nSPS) is 28.1. The third-order valence-corrected chi connectivity index (χ3v) is 6.05. The van der Waals surface area contributed by atoms with Crippen LogP contribution in [-0.2, 0) is 0 Å². The van der Waals surface area contributed by atoms with Crippen molar-refractivity contribution in [1.82, 2.24) is 15.2 Å². The van der Waals surface area contributed by atoms with Crippen LogP contribution >= 0.6 is 11.8 Å². The van der Waals surface area contributed by atoms with E-state index in [9.17, 15) is 9.18 Å². The Morgan fingerprint density at radius 2 is 2.20 bits per heavy atom. The van der Waals surface area contributed by atoms with E-state index >= 15 is 0 Å². The molecule has 3 saturated heterocycles. The van der Waals surface area contributed by atoms with Gasteiger partial charge in [-0.3, -0.25) is 9.69 Å². The number of fused-ring (bicyclic) bond motifs is 3. The first-order valence-corrected chi connectivity index (χ1v) is 9.36. The molecular weight excluding hydrogens is 341 g/mol. The molecule has 2 bridgehead atoms. The Bertz CT molecular complexity index is 771. The summed E-state index contributed by atoms with van der Waals surface area (Å²) in [4.78, 5) is 19.7. The van der Waals surface area contributed by atoms with Crippen LogP contribution in [0.4, 0.5) is 4.39 Å². The Morgan fingerprint density at radius 3 is 2.92 bits per heavy atom. The van der Waals surface area contributed by atoms with Gasteiger partial charge in [-0.1, -0.05) is 17.8 Å². The van der Waals surface area contributed by atoms with E-state index < -0.39 is 0 Å². The number of carbonyl (C=O) groups excluding carboxylic acids is 1. The van der Waals surface area contributed by atoms with Gasteiger partial charge in [-0.25, -0.2) is 9.37 Å². The van der Waals surface area contributed by atoms with E-state index in [-0.39, 0.29) is 23.7 Å². The van der Waals surface area contributed by atoms with Gasteiger partial charge in [-0.15, -0.1) is 0 Å². The van der Waals surface area contributed by atoms with Crippen molar-refractivity contribution >= 4 is 17.7 Å². The van der Waals surface area contributed by atoms with E-state index in [4.69, 9.17) is 4.42 Å². The highest BCUT2D eigenvalue weighted by atomic mass is 32.2. The van der Waals surface area contributed by atoms with Gasteiger partial charge in [-0.05, 0) is 57.0 Å². The molecule has 2 atom stereocenters. The van der Waals surface area contributed by atoms with Gasteiger partial charge >= 0.3 is 5.91 Å². The summed E-state index contributed by atoms with van der Waals surface area (Å²) in [5.41, 5.74) is 0. The van der Waals surface area contributed by atoms with Crippen molar-refractivity contribution < 1.29 is 13.6 Å². The van der Waals surface area contributed by atoms with Crippen LogP contribution in [0.3, 0.4) is 0 Å². The van der Waals surface area contributed by atoms with Crippen molar-refractivity contribution in [3.8, 4) is 0 Å². The second kappa shape index (κ2) is 6.80. The number of benzene rings is 1. The van der Waals surface area contributed by atoms with E-state index in [1.807, 2.05) is 0 Å². The number of rotatable bonds is 4. The van der Waals surface area contributed by atoms with Gasteiger partial charge in [0.25, 0.3) is 5.89 Å². The van der Waals surface area contributed by atoms with Gasteiger partial charge in [0.1, 0.15) is 5.82 Å².